The Hall–Kier alpha value is -0.650. The third-order valence-corrected chi connectivity index (χ3v) is 6.69. The van der Waals surface area contributed by atoms with Gasteiger partial charge in [-0.3, -0.25) is 4.57 Å². The summed E-state index contributed by atoms with van der Waals surface area (Å²) in [5, 5.41) is 0. The van der Waals surface area contributed by atoms with Crippen LogP contribution in [0.15, 0.2) is 28.7 Å². The lowest BCUT2D eigenvalue weighted by atomic mass is 10.1. The van der Waals surface area contributed by atoms with Crippen molar-refractivity contribution in [2.45, 2.75) is 52.5 Å². The second-order valence-electron chi connectivity index (χ2n) is 6.30. The minimum atomic E-state index is -3.21. The summed E-state index contributed by atoms with van der Waals surface area (Å²) in [5.41, 5.74) is 2.28. The zero-order valence-corrected chi connectivity index (χ0v) is 17.1. The van der Waals surface area contributed by atoms with Gasteiger partial charge in [0.05, 0.1) is 25.1 Å². The molecular formula is C17H28NO4PS. The van der Waals surface area contributed by atoms with Crippen molar-refractivity contribution < 1.29 is 18.2 Å². The van der Waals surface area contributed by atoms with E-state index in [2.05, 4.69) is 4.40 Å². The van der Waals surface area contributed by atoms with Crippen molar-refractivity contribution in [2.24, 2.45) is 4.40 Å². The number of benzene rings is 1. The molecule has 0 spiro atoms. The lowest BCUT2D eigenvalue weighted by molar-refractivity contribution is 0.219. The Labute approximate surface area is 148 Å². The van der Waals surface area contributed by atoms with Crippen molar-refractivity contribution in [1.29, 1.82) is 0 Å². The Kier molecular flexibility index (Phi) is 8.16. The highest BCUT2D eigenvalue weighted by atomic mass is 32.2. The second-order valence-corrected chi connectivity index (χ2v) is 10.3. The molecule has 0 unspecified atom stereocenters. The minimum Gasteiger partial charge on any atom is -0.591 e. The number of nitrogens with zero attached hydrogens (tertiary/aromatic N) is 1. The number of rotatable bonds is 8. The summed E-state index contributed by atoms with van der Waals surface area (Å²) in [6, 6.07) is 7.51. The van der Waals surface area contributed by atoms with Gasteiger partial charge in [-0.05, 0) is 47.1 Å². The molecule has 0 heterocycles. The zero-order chi connectivity index (χ0) is 18.4. The van der Waals surface area contributed by atoms with Crippen LogP contribution >= 0.6 is 7.60 Å². The van der Waals surface area contributed by atoms with Crippen LogP contribution in [0.4, 0.5) is 0 Å². The van der Waals surface area contributed by atoms with E-state index in [-0.39, 0.29) is 6.16 Å². The van der Waals surface area contributed by atoms with Crippen LogP contribution in [-0.2, 0) is 31.1 Å². The molecule has 1 aromatic rings. The van der Waals surface area contributed by atoms with E-state index in [1.54, 1.807) is 13.8 Å². The van der Waals surface area contributed by atoms with E-state index in [4.69, 9.17) is 9.05 Å². The molecule has 0 amide bonds. The molecular weight excluding hydrogens is 345 g/mol. The Bertz CT molecular complexity index is 603. The van der Waals surface area contributed by atoms with Gasteiger partial charge >= 0.3 is 7.60 Å². The van der Waals surface area contributed by atoms with Crippen LogP contribution in [0, 0.1) is 0 Å². The molecule has 5 nitrogen and oxygen atoms in total. The molecule has 0 radical (unpaired) electrons. The Morgan fingerprint density at radius 3 is 2.25 bits per heavy atom. The molecule has 7 heteroatoms. The smallest absolute Gasteiger partial charge is 0.335 e. The first-order valence-electron chi connectivity index (χ1n) is 8.06. The summed E-state index contributed by atoms with van der Waals surface area (Å²) in [4.78, 5) is 0. The Morgan fingerprint density at radius 2 is 1.75 bits per heavy atom. The van der Waals surface area contributed by atoms with E-state index in [1.807, 2.05) is 52.0 Å². The van der Waals surface area contributed by atoms with Gasteiger partial charge in [-0.25, -0.2) is 0 Å². The van der Waals surface area contributed by atoms with E-state index in [9.17, 15) is 9.12 Å². The van der Waals surface area contributed by atoms with E-state index >= 15 is 0 Å². The fourth-order valence-electron chi connectivity index (χ4n) is 2.05. The largest absolute Gasteiger partial charge is 0.591 e. The van der Waals surface area contributed by atoms with Crippen LogP contribution in [0.3, 0.4) is 0 Å². The standard InChI is InChI=1S/C17H28NO4PS/c1-7-21-23(19,22-8-2)13-15-11-9-10-12-16(15)14(3)18-24(20)17(4,5)6/h9-12H,7-8,13H2,1-6H3/t24-/m0/s1. The highest BCUT2D eigenvalue weighted by molar-refractivity contribution is 7.91. The maximum absolute atomic E-state index is 12.8. The van der Waals surface area contributed by atoms with Crippen LogP contribution in [0.2, 0.25) is 0 Å². The predicted octanol–water partition coefficient (Wildman–Crippen LogP) is 4.72. The molecule has 0 aromatic heterocycles. The maximum Gasteiger partial charge on any atom is 0.335 e. The average molecular weight is 373 g/mol. The van der Waals surface area contributed by atoms with E-state index in [0.29, 0.717) is 18.9 Å². The average Bonchev–Trinajstić information content (AvgIpc) is 2.46. The summed E-state index contributed by atoms with van der Waals surface area (Å²) < 4.78 is 39.7. The van der Waals surface area contributed by atoms with E-state index in [1.165, 1.54) is 0 Å². The highest BCUT2D eigenvalue weighted by Crippen LogP contribution is 2.51. The first-order valence-corrected chi connectivity index (χ1v) is 10.9. The van der Waals surface area contributed by atoms with Crippen LogP contribution in [0.25, 0.3) is 0 Å². The molecule has 0 N–H and O–H groups in total. The van der Waals surface area contributed by atoms with Gasteiger partial charge in [-0.1, -0.05) is 28.7 Å². The molecule has 0 fully saturated rings. The zero-order valence-electron chi connectivity index (χ0n) is 15.4. The van der Waals surface area contributed by atoms with Gasteiger partial charge in [-0.2, -0.15) is 0 Å². The van der Waals surface area contributed by atoms with Gasteiger partial charge in [0.2, 0.25) is 0 Å². The molecule has 0 saturated heterocycles. The first kappa shape index (κ1) is 21.4. The SMILES string of the molecule is CCOP(=O)(Cc1ccccc1C(C)=N[S@@+]([O-])C(C)(C)C)OCC. The van der Waals surface area contributed by atoms with Crippen molar-refractivity contribution in [3.63, 3.8) is 0 Å². The van der Waals surface area contributed by atoms with Crippen LogP contribution in [0.5, 0.6) is 0 Å². The van der Waals surface area contributed by atoms with E-state index < -0.39 is 23.7 Å². The summed E-state index contributed by atoms with van der Waals surface area (Å²) in [6.07, 6.45) is 0.167. The topological polar surface area (TPSA) is 71.0 Å². The normalized spacial score (nSPS) is 14.7. The fraction of sp³-hybridized carbons (Fsp3) is 0.588. The van der Waals surface area contributed by atoms with Crippen molar-refractivity contribution in [3.05, 3.63) is 35.4 Å². The molecule has 1 aromatic carbocycles. The van der Waals surface area contributed by atoms with Crippen molar-refractivity contribution in [3.8, 4) is 0 Å². The molecule has 0 saturated carbocycles. The monoisotopic (exact) mass is 373 g/mol. The predicted molar refractivity (Wildman–Crippen MR) is 101 cm³/mol. The van der Waals surface area contributed by atoms with Gasteiger partial charge in [-0.15, -0.1) is 0 Å². The van der Waals surface area contributed by atoms with Crippen LogP contribution in [0.1, 0.15) is 52.7 Å². The first-order chi connectivity index (χ1) is 11.1. The van der Waals surface area contributed by atoms with Gasteiger partial charge < -0.3 is 13.6 Å². The lowest BCUT2D eigenvalue weighted by Gasteiger charge is -2.20. The summed E-state index contributed by atoms with van der Waals surface area (Å²) >= 11 is -1.35. The van der Waals surface area contributed by atoms with Gasteiger partial charge in [0.25, 0.3) is 0 Å². The van der Waals surface area contributed by atoms with Crippen LogP contribution in [-0.4, -0.2) is 28.2 Å². The molecule has 1 rings (SSSR count). The third kappa shape index (κ3) is 6.34. The third-order valence-electron chi connectivity index (χ3n) is 3.17. The molecule has 136 valence electrons. The Morgan fingerprint density at radius 1 is 1.21 bits per heavy atom. The second kappa shape index (κ2) is 9.16. The van der Waals surface area contributed by atoms with Gasteiger partial charge in [0.15, 0.2) is 0 Å². The maximum atomic E-state index is 12.8. The molecule has 1 atom stereocenters. The molecule has 0 aliphatic carbocycles. The molecule has 0 aliphatic rings. The van der Waals surface area contributed by atoms with Crippen molar-refractivity contribution in [1.82, 2.24) is 0 Å². The summed E-state index contributed by atoms with van der Waals surface area (Å²) in [6.45, 7) is 11.7. The number of hydrogen-bond acceptors (Lipinski definition) is 5. The Balaban J connectivity index is 3.16. The number of hydrogen-bond donors (Lipinski definition) is 0. The van der Waals surface area contributed by atoms with E-state index in [0.717, 1.165) is 11.1 Å². The van der Waals surface area contributed by atoms with Crippen molar-refractivity contribution >= 4 is 24.7 Å². The van der Waals surface area contributed by atoms with Gasteiger partial charge in [0.1, 0.15) is 16.1 Å². The molecule has 0 aliphatic heterocycles. The quantitative estimate of drug-likeness (QED) is 0.375. The van der Waals surface area contributed by atoms with Gasteiger partial charge in [0, 0.05) is 5.56 Å². The minimum absolute atomic E-state index is 0.167. The summed E-state index contributed by atoms with van der Waals surface area (Å²) in [7, 11) is -3.21. The van der Waals surface area contributed by atoms with Crippen LogP contribution < -0.4 is 0 Å². The highest BCUT2D eigenvalue weighted by Gasteiger charge is 2.28. The fourth-order valence-corrected chi connectivity index (χ4v) is 4.41. The molecule has 0 bridgehead atoms. The molecule has 24 heavy (non-hydrogen) atoms. The lowest BCUT2D eigenvalue weighted by Crippen LogP contribution is -2.26. The summed E-state index contributed by atoms with van der Waals surface area (Å²) in [5.74, 6) is 0. The van der Waals surface area contributed by atoms with Crippen molar-refractivity contribution in [2.75, 3.05) is 13.2 Å².